The van der Waals surface area contributed by atoms with Crippen LogP contribution in [0.25, 0.3) is 27.6 Å². The lowest BCUT2D eigenvalue weighted by atomic mass is 9.72. The summed E-state index contributed by atoms with van der Waals surface area (Å²) >= 11 is 0. The molecule has 2 aromatic carbocycles. The molecule has 0 spiro atoms. The van der Waals surface area contributed by atoms with Crippen LogP contribution in [0.3, 0.4) is 0 Å². The first-order chi connectivity index (χ1) is 11.6. The fourth-order valence-electron chi connectivity index (χ4n) is 4.18. The van der Waals surface area contributed by atoms with Gasteiger partial charge in [0.15, 0.2) is 0 Å². The van der Waals surface area contributed by atoms with Gasteiger partial charge in [0, 0.05) is 22.4 Å². The van der Waals surface area contributed by atoms with Gasteiger partial charge < -0.3 is 5.02 Å². The van der Waals surface area contributed by atoms with Crippen molar-refractivity contribution in [1.29, 1.82) is 0 Å². The van der Waals surface area contributed by atoms with E-state index in [-0.39, 0.29) is 12.9 Å². The van der Waals surface area contributed by atoms with E-state index in [1.54, 1.807) is 0 Å². The van der Waals surface area contributed by atoms with Gasteiger partial charge in [-0.25, -0.2) is 4.98 Å². The van der Waals surface area contributed by atoms with Crippen molar-refractivity contribution in [2.75, 3.05) is 0 Å². The van der Waals surface area contributed by atoms with Crippen LogP contribution in [0.15, 0.2) is 54.7 Å². The maximum atomic E-state index is 9.76. The van der Waals surface area contributed by atoms with Gasteiger partial charge in [0.2, 0.25) is 0 Å². The predicted molar refractivity (Wildman–Crippen MR) is 99.7 cm³/mol. The van der Waals surface area contributed by atoms with Crippen molar-refractivity contribution >= 4 is 34.9 Å². The Morgan fingerprint density at radius 2 is 1.83 bits per heavy atom. The molecular formula is C20H17BN2O. The van der Waals surface area contributed by atoms with Crippen molar-refractivity contribution in [3.63, 3.8) is 0 Å². The van der Waals surface area contributed by atoms with Gasteiger partial charge in [0.05, 0.1) is 11.2 Å². The smallest absolute Gasteiger partial charge is 0.304 e. The highest BCUT2D eigenvalue weighted by atomic mass is 16.2. The maximum Gasteiger partial charge on any atom is 0.304 e. The molecule has 0 aliphatic carbocycles. The zero-order valence-corrected chi connectivity index (χ0v) is 13.7. The van der Waals surface area contributed by atoms with Crippen LogP contribution < -0.4 is 5.46 Å². The van der Waals surface area contributed by atoms with Crippen LogP contribution in [-0.2, 0) is 5.41 Å². The van der Waals surface area contributed by atoms with Crippen molar-refractivity contribution in [3.05, 3.63) is 65.9 Å². The third-order valence-electron chi connectivity index (χ3n) is 5.36. The van der Waals surface area contributed by atoms with Crippen molar-refractivity contribution in [2.24, 2.45) is 0 Å². The number of para-hydroxylation sites is 1. The van der Waals surface area contributed by atoms with Crippen LogP contribution in [0.5, 0.6) is 0 Å². The minimum atomic E-state index is -0.121. The Morgan fingerprint density at radius 3 is 2.67 bits per heavy atom. The Hall–Kier alpha value is -2.59. The Morgan fingerprint density at radius 1 is 1.00 bits per heavy atom. The number of nitrogens with zero attached hydrogens (tertiary/aromatic N) is 2. The first kappa shape index (κ1) is 13.8. The van der Waals surface area contributed by atoms with Crippen LogP contribution in [0.1, 0.15) is 25.0 Å². The molecule has 1 aliphatic heterocycles. The van der Waals surface area contributed by atoms with E-state index in [2.05, 4.69) is 65.9 Å². The summed E-state index contributed by atoms with van der Waals surface area (Å²) < 4.78 is 2.28. The van der Waals surface area contributed by atoms with Gasteiger partial charge in [-0.1, -0.05) is 49.6 Å². The number of rotatable bonds is 1. The molecule has 1 N–H and O–H groups in total. The van der Waals surface area contributed by atoms with Crippen LogP contribution in [-0.4, -0.2) is 22.1 Å². The minimum absolute atomic E-state index is 0.0492. The second-order valence-electron chi connectivity index (χ2n) is 7.05. The largest absolute Gasteiger partial charge is 0.449 e. The molecule has 24 heavy (non-hydrogen) atoms. The summed E-state index contributed by atoms with van der Waals surface area (Å²) in [6.45, 7) is 4.52. The number of pyridine rings is 1. The van der Waals surface area contributed by atoms with E-state index in [0.717, 1.165) is 16.5 Å². The SMILES string of the molecule is CC1(C)c2ccccc2-n2c3ncccc3c3cc(BO)cc1c32. The second kappa shape index (κ2) is 4.49. The van der Waals surface area contributed by atoms with E-state index in [1.165, 1.54) is 27.7 Å². The highest BCUT2D eigenvalue weighted by Crippen LogP contribution is 2.46. The van der Waals surface area contributed by atoms with E-state index in [9.17, 15) is 5.02 Å². The number of aromatic nitrogens is 2. The lowest BCUT2D eigenvalue weighted by Gasteiger charge is -2.34. The third kappa shape index (κ3) is 1.54. The molecule has 3 nitrogen and oxygen atoms in total. The summed E-state index contributed by atoms with van der Waals surface area (Å²) in [6.07, 6.45) is 1.85. The number of hydrogen-bond donors (Lipinski definition) is 1. The summed E-state index contributed by atoms with van der Waals surface area (Å²) in [6, 6.07) is 16.9. The van der Waals surface area contributed by atoms with E-state index in [4.69, 9.17) is 0 Å². The summed E-state index contributed by atoms with van der Waals surface area (Å²) in [5.74, 6) is 0. The Kier molecular flexibility index (Phi) is 2.58. The third-order valence-corrected chi connectivity index (χ3v) is 5.36. The molecule has 2 aromatic heterocycles. The molecular weight excluding hydrogens is 295 g/mol. The number of fused-ring (bicyclic) bond motifs is 5. The molecule has 3 heterocycles. The Balaban J connectivity index is 2.12. The predicted octanol–water partition coefficient (Wildman–Crippen LogP) is 2.79. The molecule has 0 saturated carbocycles. The standard InChI is InChI=1S/C20H17BN2O/c1-20(2)15-7-3-4-8-17(15)23-18-14(10-12(21-24)11-16(18)20)13-6-5-9-22-19(13)23/h3-11,21,24H,1-2H3. The lowest BCUT2D eigenvalue weighted by Crippen LogP contribution is -2.28. The maximum absolute atomic E-state index is 9.76. The van der Waals surface area contributed by atoms with Crippen LogP contribution in [0.2, 0.25) is 0 Å². The van der Waals surface area contributed by atoms with E-state index < -0.39 is 0 Å². The van der Waals surface area contributed by atoms with Crippen LogP contribution in [0.4, 0.5) is 0 Å². The van der Waals surface area contributed by atoms with Gasteiger partial charge in [-0.05, 0) is 29.3 Å². The topological polar surface area (TPSA) is 38.0 Å². The number of benzene rings is 2. The zero-order valence-electron chi connectivity index (χ0n) is 13.7. The molecule has 5 rings (SSSR count). The molecule has 0 amide bonds. The van der Waals surface area contributed by atoms with Gasteiger partial charge in [-0.15, -0.1) is 0 Å². The molecule has 0 bridgehead atoms. The van der Waals surface area contributed by atoms with Crippen molar-refractivity contribution < 1.29 is 5.02 Å². The van der Waals surface area contributed by atoms with Crippen LogP contribution >= 0.6 is 0 Å². The molecule has 116 valence electrons. The molecule has 0 atom stereocenters. The van der Waals surface area contributed by atoms with E-state index >= 15 is 0 Å². The van der Waals surface area contributed by atoms with Crippen molar-refractivity contribution in [3.8, 4) is 5.69 Å². The molecule has 4 heteroatoms. The van der Waals surface area contributed by atoms with Crippen molar-refractivity contribution in [1.82, 2.24) is 9.55 Å². The van der Waals surface area contributed by atoms with Gasteiger partial charge in [-0.3, -0.25) is 4.57 Å². The number of hydrogen-bond acceptors (Lipinski definition) is 2. The fourth-order valence-corrected chi connectivity index (χ4v) is 4.18. The van der Waals surface area contributed by atoms with E-state index in [1.807, 2.05) is 12.3 Å². The summed E-state index contributed by atoms with van der Waals surface area (Å²) in [7, 11) is 0.0492. The summed E-state index contributed by atoms with van der Waals surface area (Å²) in [5.41, 5.74) is 6.76. The van der Waals surface area contributed by atoms with Gasteiger partial charge in [0.1, 0.15) is 5.65 Å². The van der Waals surface area contributed by atoms with Gasteiger partial charge in [-0.2, -0.15) is 0 Å². The molecule has 0 fully saturated rings. The monoisotopic (exact) mass is 312 g/mol. The fraction of sp³-hybridized carbons (Fsp3) is 0.150. The van der Waals surface area contributed by atoms with Crippen LogP contribution in [0, 0.1) is 0 Å². The quantitative estimate of drug-likeness (QED) is 0.549. The normalized spacial score (nSPS) is 14.8. The van der Waals surface area contributed by atoms with Gasteiger partial charge >= 0.3 is 7.48 Å². The van der Waals surface area contributed by atoms with Gasteiger partial charge in [0.25, 0.3) is 0 Å². The Bertz CT molecular complexity index is 1130. The molecule has 4 aromatic rings. The Labute approximate surface area is 140 Å². The molecule has 0 radical (unpaired) electrons. The zero-order chi connectivity index (χ0) is 16.5. The second-order valence-corrected chi connectivity index (χ2v) is 7.05. The average Bonchev–Trinajstić information content (AvgIpc) is 2.94. The highest BCUT2D eigenvalue weighted by molar-refractivity contribution is 6.46. The average molecular weight is 312 g/mol. The lowest BCUT2D eigenvalue weighted by molar-refractivity contribution is 0.614. The highest BCUT2D eigenvalue weighted by Gasteiger charge is 2.35. The first-order valence-electron chi connectivity index (χ1n) is 8.26. The molecule has 1 aliphatic rings. The molecule has 0 saturated heterocycles. The molecule has 0 unspecified atom stereocenters. The van der Waals surface area contributed by atoms with E-state index in [0.29, 0.717) is 0 Å². The summed E-state index contributed by atoms with van der Waals surface area (Å²) in [4.78, 5) is 4.67. The summed E-state index contributed by atoms with van der Waals surface area (Å²) in [5, 5.41) is 12.1. The van der Waals surface area contributed by atoms with Crippen molar-refractivity contribution in [2.45, 2.75) is 19.3 Å². The first-order valence-corrected chi connectivity index (χ1v) is 8.26. The minimum Gasteiger partial charge on any atom is -0.449 e.